The predicted molar refractivity (Wildman–Crippen MR) is 99.9 cm³/mol. The lowest BCUT2D eigenvalue weighted by Crippen LogP contribution is -2.18. The molecule has 0 spiro atoms. The fourth-order valence-corrected chi connectivity index (χ4v) is 4.01. The summed E-state index contributed by atoms with van der Waals surface area (Å²) in [4.78, 5) is 16.6. The van der Waals surface area contributed by atoms with Crippen molar-refractivity contribution in [1.82, 2.24) is 9.55 Å². The number of pyridine rings is 1. The number of oxazole rings is 1. The number of benzene rings is 1. The highest BCUT2D eigenvalue weighted by molar-refractivity contribution is 7.89. The third kappa shape index (κ3) is 3.19. The number of aryl methyl sites for hydroxylation is 2. The summed E-state index contributed by atoms with van der Waals surface area (Å²) in [5.74, 6) is 1.00. The van der Waals surface area contributed by atoms with Gasteiger partial charge in [-0.2, -0.15) is 0 Å². The van der Waals surface area contributed by atoms with Crippen LogP contribution in [0.3, 0.4) is 0 Å². The van der Waals surface area contributed by atoms with Gasteiger partial charge in [-0.25, -0.2) is 13.4 Å². The van der Waals surface area contributed by atoms with Gasteiger partial charge < -0.3 is 8.98 Å². The van der Waals surface area contributed by atoms with Gasteiger partial charge >= 0.3 is 0 Å². The summed E-state index contributed by atoms with van der Waals surface area (Å²) >= 11 is 0. The van der Waals surface area contributed by atoms with E-state index in [1.54, 1.807) is 32.3 Å². The largest absolute Gasteiger partial charge is 0.440 e. The highest BCUT2D eigenvalue weighted by Crippen LogP contribution is 2.42. The van der Waals surface area contributed by atoms with Crippen molar-refractivity contribution in [3.8, 4) is 11.1 Å². The van der Waals surface area contributed by atoms with Gasteiger partial charge in [0, 0.05) is 42.1 Å². The smallest absolute Gasteiger partial charge is 0.253 e. The predicted octanol–water partition coefficient (Wildman–Crippen LogP) is 2.92. The molecule has 2 aromatic heterocycles. The third-order valence-corrected chi connectivity index (χ3v) is 5.45. The summed E-state index contributed by atoms with van der Waals surface area (Å²) < 4.78 is 31.1. The Morgan fingerprint density at radius 1 is 1.27 bits per heavy atom. The second-order valence-electron chi connectivity index (χ2n) is 7.22. The molecule has 4 rings (SSSR count). The third-order valence-electron chi connectivity index (χ3n) is 4.60. The van der Waals surface area contributed by atoms with Gasteiger partial charge in [0.2, 0.25) is 0 Å². The van der Waals surface area contributed by atoms with E-state index in [-0.39, 0.29) is 11.3 Å². The number of nitrogens with zero attached hydrogens (tertiary/aromatic N) is 2. The minimum absolute atomic E-state index is 0.0616. The van der Waals surface area contributed by atoms with E-state index in [9.17, 15) is 13.2 Å². The van der Waals surface area contributed by atoms with E-state index >= 15 is 0 Å². The Hall–Kier alpha value is -2.41. The van der Waals surface area contributed by atoms with Gasteiger partial charge in [-0.05, 0) is 43.5 Å². The summed E-state index contributed by atoms with van der Waals surface area (Å²) in [5.41, 5.74) is 4.10. The lowest BCUT2D eigenvalue weighted by Gasteiger charge is -2.09. The van der Waals surface area contributed by atoms with E-state index < -0.39 is 9.84 Å². The highest BCUT2D eigenvalue weighted by Gasteiger charge is 2.29. The van der Waals surface area contributed by atoms with Gasteiger partial charge in [0.05, 0.1) is 5.75 Å². The van der Waals surface area contributed by atoms with Crippen LogP contribution < -0.4 is 5.56 Å². The molecule has 0 N–H and O–H groups in total. The van der Waals surface area contributed by atoms with Gasteiger partial charge in [0.15, 0.2) is 21.3 Å². The van der Waals surface area contributed by atoms with Gasteiger partial charge in [-0.1, -0.05) is 0 Å². The van der Waals surface area contributed by atoms with E-state index in [1.165, 1.54) is 10.8 Å². The van der Waals surface area contributed by atoms with Crippen LogP contribution in [0.2, 0.25) is 0 Å². The highest BCUT2D eigenvalue weighted by atomic mass is 32.2. The Kier molecular flexibility index (Phi) is 3.80. The summed E-state index contributed by atoms with van der Waals surface area (Å²) in [6.45, 7) is 1.76. The Balaban J connectivity index is 1.97. The monoisotopic (exact) mass is 372 g/mol. The molecule has 136 valence electrons. The number of aromatic nitrogens is 2. The maximum absolute atomic E-state index is 12.0. The second kappa shape index (κ2) is 5.81. The number of rotatable bonds is 4. The number of fused-ring (bicyclic) bond motifs is 1. The van der Waals surface area contributed by atoms with E-state index in [0.717, 1.165) is 24.0 Å². The molecule has 0 saturated heterocycles. The normalized spacial score (nSPS) is 14.9. The van der Waals surface area contributed by atoms with E-state index in [2.05, 4.69) is 4.98 Å². The standard InChI is InChI=1S/C19H20N2O4S/c1-11-6-14(9-21(2)19(11)22)15-7-12(10-26(3,23)24)8-16-17(15)25-18(20-16)13-4-5-13/h6-9,13H,4-5,10H2,1-3H3. The first-order valence-corrected chi connectivity index (χ1v) is 10.6. The molecule has 0 amide bonds. The van der Waals surface area contributed by atoms with E-state index in [0.29, 0.717) is 34.0 Å². The maximum atomic E-state index is 12.0. The fraction of sp³-hybridized carbons (Fsp3) is 0.368. The summed E-state index contributed by atoms with van der Waals surface area (Å²) in [7, 11) is -1.48. The van der Waals surface area contributed by atoms with Crippen LogP contribution in [0.4, 0.5) is 0 Å². The molecule has 0 bridgehead atoms. The quantitative estimate of drug-likeness (QED) is 0.703. The van der Waals surface area contributed by atoms with Crippen molar-refractivity contribution in [2.24, 2.45) is 7.05 Å². The average Bonchev–Trinajstić information content (AvgIpc) is 3.29. The van der Waals surface area contributed by atoms with Gasteiger partial charge in [0.25, 0.3) is 5.56 Å². The molecule has 1 fully saturated rings. The van der Waals surface area contributed by atoms with Crippen LogP contribution in [-0.4, -0.2) is 24.2 Å². The molecule has 0 aliphatic heterocycles. The molecule has 1 saturated carbocycles. The molecule has 0 unspecified atom stereocenters. The molecule has 3 aromatic rings. The minimum atomic E-state index is -3.18. The zero-order chi connectivity index (χ0) is 18.6. The van der Waals surface area contributed by atoms with Crippen LogP contribution in [0, 0.1) is 6.92 Å². The van der Waals surface area contributed by atoms with Crippen molar-refractivity contribution < 1.29 is 12.8 Å². The molecule has 26 heavy (non-hydrogen) atoms. The Morgan fingerprint density at radius 3 is 2.62 bits per heavy atom. The van der Waals surface area contributed by atoms with Crippen molar-refractivity contribution in [3.63, 3.8) is 0 Å². The van der Waals surface area contributed by atoms with Crippen molar-refractivity contribution in [3.05, 3.63) is 51.8 Å². The topological polar surface area (TPSA) is 82.2 Å². The van der Waals surface area contributed by atoms with Crippen LogP contribution >= 0.6 is 0 Å². The SMILES string of the molecule is Cc1cc(-c2cc(CS(C)(=O)=O)cc3nc(C4CC4)oc23)cn(C)c1=O. The number of hydrogen-bond donors (Lipinski definition) is 0. The second-order valence-corrected chi connectivity index (χ2v) is 9.36. The molecule has 6 nitrogen and oxygen atoms in total. The van der Waals surface area contributed by atoms with Crippen molar-refractivity contribution in [2.75, 3.05) is 6.26 Å². The zero-order valence-electron chi connectivity index (χ0n) is 14.9. The zero-order valence-corrected chi connectivity index (χ0v) is 15.8. The molecule has 0 atom stereocenters. The first-order chi connectivity index (χ1) is 12.2. The van der Waals surface area contributed by atoms with Crippen LogP contribution in [-0.2, 0) is 22.6 Å². The lowest BCUT2D eigenvalue weighted by atomic mass is 10.0. The average molecular weight is 372 g/mol. The van der Waals surface area contributed by atoms with Crippen LogP contribution in [0.25, 0.3) is 22.2 Å². The molecule has 0 radical (unpaired) electrons. The summed E-state index contributed by atoms with van der Waals surface area (Å²) in [6, 6.07) is 5.41. The molecule has 1 aromatic carbocycles. The van der Waals surface area contributed by atoms with Crippen LogP contribution in [0.15, 0.2) is 33.6 Å². The Morgan fingerprint density at radius 2 is 2.00 bits per heavy atom. The first kappa shape index (κ1) is 17.0. The minimum Gasteiger partial charge on any atom is -0.440 e. The molecule has 1 aliphatic carbocycles. The van der Waals surface area contributed by atoms with Crippen molar-refractivity contribution >= 4 is 20.9 Å². The van der Waals surface area contributed by atoms with Gasteiger partial charge in [-0.15, -0.1) is 0 Å². The van der Waals surface area contributed by atoms with Crippen LogP contribution in [0.1, 0.15) is 35.8 Å². The van der Waals surface area contributed by atoms with Gasteiger partial charge in [-0.3, -0.25) is 4.79 Å². The number of hydrogen-bond acceptors (Lipinski definition) is 5. The van der Waals surface area contributed by atoms with Crippen molar-refractivity contribution in [2.45, 2.75) is 31.4 Å². The Labute approximate surface area is 151 Å². The molecular formula is C19H20N2O4S. The molecule has 7 heteroatoms. The van der Waals surface area contributed by atoms with E-state index in [4.69, 9.17) is 4.42 Å². The first-order valence-electron chi connectivity index (χ1n) is 8.50. The Bertz CT molecular complexity index is 1160. The van der Waals surface area contributed by atoms with Crippen LogP contribution in [0.5, 0.6) is 0 Å². The molecule has 2 heterocycles. The lowest BCUT2D eigenvalue weighted by molar-refractivity contribution is 0.534. The molecule has 1 aliphatic rings. The van der Waals surface area contributed by atoms with Gasteiger partial charge in [0.1, 0.15) is 5.52 Å². The number of sulfone groups is 1. The van der Waals surface area contributed by atoms with Crippen molar-refractivity contribution in [1.29, 1.82) is 0 Å². The summed E-state index contributed by atoms with van der Waals surface area (Å²) in [5, 5.41) is 0. The maximum Gasteiger partial charge on any atom is 0.253 e. The fourth-order valence-electron chi connectivity index (χ4n) is 3.24. The summed E-state index contributed by atoms with van der Waals surface area (Å²) in [6.07, 6.45) is 5.09. The molecular weight excluding hydrogens is 352 g/mol. The van der Waals surface area contributed by atoms with E-state index in [1.807, 2.05) is 6.07 Å².